The van der Waals surface area contributed by atoms with Crippen LogP contribution in [0.2, 0.25) is 6.55 Å². The summed E-state index contributed by atoms with van der Waals surface area (Å²) >= 11 is 0. The van der Waals surface area contributed by atoms with Crippen molar-refractivity contribution in [2.24, 2.45) is 0 Å². The van der Waals surface area contributed by atoms with E-state index in [9.17, 15) is 0 Å². The molecule has 0 N–H and O–H groups in total. The number of hydrogen-bond acceptors (Lipinski definition) is 2. The van der Waals surface area contributed by atoms with E-state index in [1.165, 1.54) is 0 Å². The number of hydrogen-bond donors (Lipinski definition) is 0. The van der Waals surface area contributed by atoms with Gasteiger partial charge in [-0.2, -0.15) is 0 Å². The molecule has 0 amide bonds. The molecule has 0 aliphatic carbocycles. The molecule has 0 aromatic carbocycles. The summed E-state index contributed by atoms with van der Waals surface area (Å²) in [4.78, 5) is 0. The van der Waals surface area contributed by atoms with Crippen LogP contribution in [0.15, 0.2) is 12.2 Å². The van der Waals surface area contributed by atoms with E-state index in [1.54, 1.807) is 14.2 Å². The van der Waals surface area contributed by atoms with Crippen molar-refractivity contribution >= 4 is 9.28 Å². The summed E-state index contributed by atoms with van der Waals surface area (Å²) in [7, 11) is 2.17. The minimum Gasteiger partial charge on any atom is -0.400 e. The normalized spacial score (nSPS) is 9.80. The molecule has 0 aliphatic heterocycles. The molecule has 0 fully saturated rings. The quantitative estimate of drug-likeness (QED) is 0.454. The highest BCUT2D eigenvalue weighted by Crippen LogP contribution is 1.77. The smallest absolute Gasteiger partial charge is 0.317 e. The fourth-order valence-electron chi connectivity index (χ4n) is 0.0962. The maximum atomic E-state index is 4.82. The average Bonchev–Trinajstić information content (AvgIpc) is 2.03. The first-order valence-electron chi connectivity index (χ1n) is 3.35. The lowest BCUT2D eigenvalue weighted by Crippen LogP contribution is -2.12. The van der Waals surface area contributed by atoms with Crippen molar-refractivity contribution in [3.8, 4) is 0 Å². The molecule has 0 radical (unpaired) electrons. The van der Waals surface area contributed by atoms with E-state index < -0.39 is 9.28 Å². The van der Waals surface area contributed by atoms with Gasteiger partial charge in [0.25, 0.3) is 0 Å². The van der Waals surface area contributed by atoms with Gasteiger partial charge in [0.2, 0.25) is 0 Å². The molecular formula is C7H18O2Si. The molecule has 3 heteroatoms. The Kier molecular flexibility index (Phi) is 14.6. The minimum absolute atomic E-state index is 1.16. The third-order valence-electron chi connectivity index (χ3n) is 0.997. The van der Waals surface area contributed by atoms with Gasteiger partial charge in [-0.05, 0) is 20.4 Å². The van der Waals surface area contributed by atoms with Gasteiger partial charge in [-0.1, -0.05) is 12.2 Å². The molecule has 10 heavy (non-hydrogen) atoms. The first-order chi connectivity index (χ1) is 4.72. The van der Waals surface area contributed by atoms with Crippen molar-refractivity contribution in [3.63, 3.8) is 0 Å². The van der Waals surface area contributed by atoms with Crippen LogP contribution in [-0.4, -0.2) is 23.5 Å². The second kappa shape index (κ2) is 11.6. The Morgan fingerprint density at radius 2 is 1.30 bits per heavy atom. The van der Waals surface area contributed by atoms with Crippen molar-refractivity contribution < 1.29 is 8.85 Å². The van der Waals surface area contributed by atoms with Crippen molar-refractivity contribution in [1.82, 2.24) is 0 Å². The van der Waals surface area contributed by atoms with E-state index in [0.717, 1.165) is 0 Å². The van der Waals surface area contributed by atoms with Crippen LogP contribution in [0.1, 0.15) is 13.8 Å². The molecule has 2 nitrogen and oxygen atoms in total. The first kappa shape index (κ1) is 12.5. The van der Waals surface area contributed by atoms with Gasteiger partial charge in [-0.3, -0.25) is 0 Å². The highest BCUT2D eigenvalue weighted by atomic mass is 28.3. The van der Waals surface area contributed by atoms with E-state index >= 15 is 0 Å². The van der Waals surface area contributed by atoms with E-state index in [2.05, 4.69) is 0 Å². The summed E-state index contributed by atoms with van der Waals surface area (Å²) < 4.78 is 9.63. The van der Waals surface area contributed by atoms with Gasteiger partial charge in [0, 0.05) is 14.2 Å². The molecule has 0 saturated carbocycles. The van der Waals surface area contributed by atoms with Crippen molar-refractivity contribution in [3.05, 3.63) is 12.2 Å². The Hall–Kier alpha value is -0.123. The summed E-state index contributed by atoms with van der Waals surface area (Å²) in [6, 6.07) is 0. The summed E-state index contributed by atoms with van der Waals surface area (Å²) in [6.07, 6.45) is 4.00. The first-order valence-corrected chi connectivity index (χ1v) is 5.45. The molecule has 0 spiro atoms. The Bertz CT molecular complexity index is 66.0. The third-order valence-corrected chi connectivity index (χ3v) is 2.32. The van der Waals surface area contributed by atoms with Crippen LogP contribution in [0.3, 0.4) is 0 Å². The molecular weight excluding hydrogens is 144 g/mol. The van der Waals surface area contributed by atoms with Gasteiger partial charge in [-0.25, -0.2) is 0 Å². The van der Waals surface area contributed by atoms with Gasteiger partial charge in [0.1, 0.15) is 0 Å². The van der Waals surface area contributed by atoms with Crippen LogP contribution in [0.5, 0.6) is 0 Å². The van der Waals surface area contributed by atoms with Crippen molar-refractivity contribution in [1.29, 1.82) is 0 Å². The molecule has 0 bridgehead atoms. The summed E-state index contributed by atoms with van der Waals surface area (Å²) in [5, 5.41) is 0. The Morgan fingerprint density at radius 1 is 1.00 bits per heavy atom. The second-order valence-electron chi connectivity index (χ2n) is 1.71. The maximum absolute atomic E-state index is 4.82. The van der Waals surface area contributed by atoms with Crippen LogP contribution in [0, 0.1) is 0 Å². The summed E-state index contributed by atoms with van der Waals surface area (Å²) in [5.74, 6) is 0. The number of allylic oxidation sites excluding steroid dienone is 2. The zero-order chi connectivity index (χ0) is 8.41. The van der Waals surface area contributed by atoms with Crippen molar-refractivity contribution in [2.45, 2.75) is 20.4 Å². The van der Waals surface area contributed by atoms with Crippen LogP contribution in [-0.2, 0) is 8.85 Å². The van der Waals surface area contributed by atoms with E-state index in [4.69, 9.17) is 8.85 Å². The zero-order valence-electron chi connectivity index (χ0n) is 7.55. The molecule has 0 rings (SSSR count). The van der Waals surface area contributed by atoms with E-state index in [1.807, 2.05) is 32.5 Å². The zero-order valence-corrected chi connectivity index (χ0v) is 8.70. The third kappa shape index (κ3) is 15.7. The lowest BCUT2D eigenvalue weighted by atomic mass is 10.6. The fourth-order valence-corrected chi connectivity index (χ4v) is 0.289. The van der Waals surface area contributed by atoms with Gasteiger partial charge < -0.3 is 8.85 Å². The largest absolute Gasteiger partial charge is 0.400 e. The van der Waals surface area contributed by atoms with Gasteiger partial charge in [0.05, 0.1) is 0 Å². The standard InChI is InChI=1S/C4H8.C3H10O2Si/c1-3-4-2;1-4-6(3)5-2/h3-4H,1-2H3;6H,1-3H3. The predicted molar refractivity (Wildman–Crippen MR) is 47.5 cm³/mol. The molecule has 0 saturated heterocycles. The fraction of sp³-hybridized carbons (Fsp3) is 0.714. The number of rotatable bonds is 2. The molecule has 0 heterocycles. The highest BCUT2D eigenvalue weighted by molar-refractivity contribution is 6.42. The average molecular weight is 162 g/mol. The van der Waals surface area contributed by atoms with Crippen LogP contribution in [0.4, 0.5) is 0 Å². The maximum Gasteiger partial charge on any atom is 0.317 e. The van der Waals surface area contributed by atoms with Crippen LogP contribution >= 0.6 is 0 Å². The lowest BCUT2D eigenvalue weighted by Gasteiger charge is -2.00. The molecule has 0 atom stereocenters. The second-order valence-corrected chi connectivity index (χ2v) is 3.78. The minimum atomic E-state index is -1.16. The van der Waals surface area contributed by atoms with Gasteiger partial charge in [-0.15, -0.1) is 0 Å². The van der Waals surface area contributed by atoms with E-state index in [-0.39, 0.29) is 0 Å². The molecule has 0 aliphatic rings. The summed E-state index contributed by atoms with van der Waals surface area (Å²) in [5.41, 5.74) is 0. The Balaban J connectivity index is 0. The molecule has 0 aromatic rings. The van der Waals surface area contributed by atoms with Gasteiger partial charge in [0.15, 0.2) is 0 Å². The molecule has 62 valence electrons. The Morgan fingerprint density at radius 3 is 1.30 bits per heavy atom. The van der Waals surface area contributed by atoms with E-state index in [0.29, 0.717) is 0 Å². The Labute approximate surface area is 65.7 Å². The van der Waals surface area contributed by atoms with Crippen LogP contribution in [0.25, 0.3) is 0 Å². The van der Waals surface area contributed by atoms with Gasteiger partial charge >= 0.3 is 9.28 Å². The van der Waals surface area contributed by atoms with Crippen LogP contribution < -0.4 is 0 Å². The molecule has 0 unspecified atom stereocenters. The highest BCUT2D eigenvalue weighted by Gasteiger charge is 1.94. The topological polar surface area (TPSA) is 18.5 Å². The monoisotopic (exact) mass is 162 g/mol. The lowest BCUT2D eigenvalue weighted by molar-refractivity contribution is 0.285. The SMILES string of the molecule is CC=CC.CO[SiH](C)OC. The molecule has 0 aromatic heterocycles. The summed E-state index contributed by atoms with van der Waals surface area (Å²) in [6.45, 7) is 5.97. The van der Waals surface area contributed by atoms with Crippen molar-refractivity contribution in [2.75, 3.05) is 14.2 Å². The predicted octanol–water partition coefficient (Wildman–Crippen LogP) is 1.71.